The van der Waals surface area contributed by atoms with Crippen molar-refractivity contribution in [3.05, 3.63) is 113 Å². The van der Waals surface area contributed by atoms with E-state index in [9.17, 15) is 23.9 Å². The van der Waals surface area contributed by atoms with Gasteiger partial charge in [-0.25, -0.2) is 28.3 Å². The molecule has 0 saturated heterocycles. The van der Waals surface area contributed by atoms with Gasteiger partial charge in [0.15, 0.2) is 0 Å². The molecule has 0 aliphatic heterocycles. The number of anilines is 1. The molecule has 17 heteroatoms. The summed E-state index contributed by atoms with van der Waals surface area (Å²) < 4.78 is 49.0. The number of thiazole rings is 1. The van der Waals surface area contributed by atoms with Gasteiger partial charge in [0.25, 0.3) is 6.33 Å². The van der Waals surface area contributed by atoms with Crippen LogP contribution in [0.25, 0.3) is 11.3 Å². The van der Waals surface area contributed by atoms with Gasteiger partial charge < -0.3 is 24.2 Å². The van der Waals surface area contributed by atoms with E-state index in [0.717, 1.165) is 33.6 Å². The molecule has 3 heterocycles. The van der Waals surface area contributed by atoms with Gasteiger partial charge in [-0.15, -0.1) is 16.0 Å². The first-order valence-corrected chi connectivity index (χ1v) is 18.4. The Labute approximate surface area is 326 Å². The molecule has 3 aromatic heterocycles. The van der Waals surface area contributed by atoms with Gasteiger partial charge in [0.05, 0.1) is 10.7 Å². The van der Waals surface area contributed by atoms with E-state index in [1.165, 1.54) is 53.5 Å². The van der Waals surface area contributed by atoms with Crippen LogP contribution in [-0.4, -0.2) is 74.2 Å². The fourth-order valence-electron chi connectivity index (χ4n) is 5.59. The zero-order chi connectivity index (χ0) is 40.8. The van der Waals surface area contributed by atoms with Crippen molar-refractivity contribution in [2.24, 2.45) is 0 Å². The number of hydrogen-bond acceptors (Lipinski definition) is 11. The molecule has 0 radical (unpaired) electrons. The third-order valence-corrected chi connectivity index (χ3v) is 9.71. The first kappa shape index (κ1) is 41.4. The summed E-state index contributed by atoms with van der Waals surface area (Å²) in [7, 11) is 2.84. The van der Waals surface area contributed by atoms with Crippen LogP contribution in [0, 0.1) is 11.6 Å². The van der Waals surface area contributed by atoms with Crippen molar-refractivity contribution in [1.29, 1.82) is 0 Å². The molecule has 0 fully saturated rings. The predicted octanol–water partition coefficient (Wildman–Crippen LogP) is 6.36. The molecule has 296 valence electrons. The van der Waals surface area contributed by atoms with Crippen molar-refractivity contribution < 1.29 is 47.0 Å². The molecule has 14 nitrogen and oxygen atoms in total. The first-order valence-electron chi connectivity index (χ1n) is 17.5. The minimum absolute atomic E-state index is 0.160. The molecule has 2 aromatic carbocycles. The van der Waals surface area contributed by atoms with E-state index in [2.05, 4.69) is 10.1 Å². The third kappa shape index (κ3) is 10.1. The van der Waals surface area contributed by atoms with Gasteiger partial charge in [-0.1, -0.05) is 43.3 Å². The van der Waals surface area contributed by atoms with Crippen LogP contribution in [0.2, 0.25) is 0 Å². The average molecular weight is 793 g/mol. The summed E-state index contributed by atoms with van der Waals surface area (Å²) in [4.78, 5) is 49.3. The SMILES string of the molecule is CC(OC(=O)N(C)c1ncccc1COC(=O)CN(C)C(=O)OC(C)(C)C)[n+]1cnn(C[C@](O)(c2cc(F)ccc2F)[C@@H](C)c2nc(-c3ccccc3)cs2)c1. The fourth-order valence-corrected chi connectivity index (χ4v) is 6.56. The Kier molecular flexibility index (Phi) is 12.8. The highest BCUT2D eigenvalue weighted by atomic mass is 32.1. The molecular weight excluding hydrogens is 749 g/mol. The second-order valence-electron chi connectivity index (χ2n) is 14.1. The Bertz CT molecular complexity index is 2160. The van der Waals surface area contributed by atoms with Crippen molar-refractivity contribution in [3.63, 3.8) is 0 Å². The van der Waals surface area contributed by atoms with Gasteiger partial charge in [0.1, 0.15) is 48.4 Å². The number of rotatable bonds is 13. The Morgan fingerprint density at radius 3 is 2.46 bits per heavy atom. The van der Waals surface area contributed by atoms with Crippen molar-refractivity contribution in [2.75, 3.05) is 25.5 Å². The normalized spacial score (nSPS) is 13.6. The van der Waals surface area contributed by atoms with Crippen LogP contribution in [0.4, 0.5) is 24.2 Å². The maximum absolute atomic E-state index is 15.4. The number of aromatic nitrogens is 5. The predicted molar refractivity (Wildman–Crippen MR) is 201 cm³/mol. The maximum atomic E-state index is 15.4. The lowest BCUT2D eigenvalue weighted by Gasteiger charge is -2.32. The van der Waals surface area contributed by atoms with Gasteiger partial charge in [-0.3, -0.25) is 9.69 Å². The molecule has 0 aliphatic rings. The van der Waals surface area contributed by atoms with Gasteiger partial charge in [-0.05, 0) is 45.0 Å². The van der Waals surface area contributed by atoms with Gasteiger partial charge in [0.2, 0.25) is 12.6 Å². The van der Waals surface area contributed by atoms with E-state index >= 15 is 4.39 Å². The highest BCUT2D eigenvalue weighted by Crippen LogP contribution is 2.41. The molecule has 0 bridgehead atoms. The van der Waals surface area contributed by atoms with Crippen LogP contribution in [-0.2, 0) is 37.8 Å². The monoisotopic (exact) mass is 792 g/mol. The summed E-state index contributed by atoms with van der Waals surface area (Å²) in [5.74, 6) is -2.89. The van der Waals surface area contributed by atoms with E-state index in [-0.39, 0.29) is 31.1 Å². The second kappa shape index (κ2) is 17.3. The Morgan fingerprint density at radius 1 is 1.02 bits per heavy atom. The number of amides is 2. The van der Waals surface area contributed by atoms with Crippen molar-refractivity contribution in [1.82, 2.24) is 24.6 Å². The number of aliphatic hydroxyl groups is 1. The van der Waals surface area contributed by atoms with Crippen LogP contribution in [0.5, 0.6) is 0 Å². The van der Waals surface area contributed by atoms with E-state index in [0.29, 0.717) is 16.3 Å². The number of esters is 1. The molecule has 1 N–H and O–H groups in total. The number of halogens is 2. The smallest absolute Gasteiger partial charge is 0.418 e. The van der Waals surface area contributed by atoms with Crippen molar-refractivity contribution in [2.45, 2.75) is 71.1 Å². The van der Waals surface area contributed by atoms with E-state index in [1.807, 2.05) is 35.7 Å². The van der Waals surface area contributed by atoms with Crippen LogP contribution >= 0.6 is 11.3 Å². The maximum Gasteiger partial charge on any atom is 0.418 e. The fraction of sp³-hybridized carbons (Fsp3) is 0.359. The van der Waals surface area contributed by atoms with E-state index in [4.69, 9.17) is 19.2 Å². The largest absolute Gasteiger partial charge is 0.459 e. The molecule has 0 saturated carbocycles. The summed E-state index contributed by atoms with van der Waals surface area (Å²) in [6, 6.07) is 15.6. The number of ether oxygens (including phenoxy) is 3. The van der Waals surface area contributed by atoms with Gasteiger partial charge in [-0.2, -0.15) is 4.57 Å². The number of hydrogen-bond donors (Lipinski definition) is 1. The summed E-state index contributed by atoms with van der Waals surface area (Å²) in [5.41, 5.74) is -1.09. The average Bonchev–Trinajstić information content (AvgIpc) is 3.85. The zero-order valence-corrected chi connectivity index (χ0v) is 32.9. The lowest BCUT2D eigenvalue weighted by Crippen LogP contribution is -2.42. The molecule has 5 rings (SSSR count). The zero-order valence-electron chi connectivity index (χ0n) is 32.1. The van der Waals surface area contributed by atoms with Crippen LogP contribution in [0.3, 0.4) is 0 Å². The molecule has 5 aromatic rings. The van der Waals surface area contributed by atoms with E-state index in [1.54, 1.807) is 46.8 Å². The minimum Gasteiger partial charge on any atom is -0.459 e. The number of nitrogens with zero attached hydrogens (tertiary/aromatic N) is 7. The summed E-state index contributed by atoms with van der Waals surface area (Å²) >= 11 is 1.29. The Morgan fingerprint density at radius 2 is 1.75 bits per heavy atom. The summed E-state index contributed by atoms with van der Waals surface area (Å²) in [5, 5.41) is 19.0. The lowest BCUT2D eigenvalue weighted by atomic mass is 9.82. The summed E-state index contributed by atoms with van der Waals surface area (Å²) in [6.07, 6.45) is 1.86. The number of benzene rings is 2. The summed E-state index contributed by atoms with van der Waals surface area (Å²) in [6.45, 7) is 7.48. The molecular formula is C39H44F2N7O7S+. The van der Waals surface area contributed by atoms with Crippen LogP contribution in [0.15, 0.2) is 84.9 Å². The third-order valence-electron chi connectivity index (χ3n) is 8.69. The molecule has 0 spiro atoms. The number of likely N-dealkylation sites (N-methyl/N-ethyl adjacent to an activating group) is 1. The van der Waals surface area contributed by atoms with Crippen LogP contribution < -0.4 is 9.47 Å². The first-order chi connectivity index (χ1) is 26.4. The minimum atomic E-state index is -2.02. The standard InChI is InChI=1S/C39H44F2N7O7S/c1-25(35-44-32(21-56-35)27-12-9-8-10-13-27)39(52,30-18-29(40)15-16-31(30)41)22-48-24-47(23-43-48)26(2)54-37(51)46(7)34-28(14-11-17-42-34)20-53-33(49)19-45(6)36(50)55-38(3,4)5/h8-18,21,23-26,52H,19-20,22H2,1-7H3/q+1/t25-,26?,39+/m0/s1. The number of pyridine rings is 1. The Hall–Kier alpha value is -5.81. The quantitative estimate of drug-likeness (QED) is 0.0810. The number of carbonyl (C=O) groups excluding carboxylic acids is 3. The van der Waals surface area contributed by atoms with E-state index < -0.39 is 53.1 Å². The molecule has 3 atom stereocenters. The van der Waals surface area contributed by atoms with Gasteiger partial charge in [0, 0.05) is 60.3 Å². The Balaban J connectivity index is 1.27. The van der Waals surface area contributed by atoms with Crippen molar-refractivity contribution >= 4 is 35.3 Å². The second-order valence-corrected chi connectivity index (χ2v) is 15.0. The molecule has 1 unspecified atom stereocenters. The number of carbonyl (C=O) groups is 3. The van der Waals surface area contributed by atoms with Crippen molar-refractivity contribution in [3.8, 4) is 11.3 Å². The lowest BCUT2D eigenvalue weighted by molar-refractivity contribution is -0.753. The highest BCUT2D eigenvalue weighted by Gasteiger charge is 2.43. The van der Waals surface area contributed by atoms with Gasteiger partial charge >= 0.3 is 18.2 Å². The molecule has 0 aliphatic carbocycles. The highest BCUT2D eigenvalue weighted by molar-refractivity contribution is 7.10. The molecule has 2 amide bonds. The topological polar surface area (TPSA) is 153 Å². The van der Waals surface area contributed by atoms with Crippen LogP contribution in [0.1, 0.15) is 62.9 Å². The molecule has 56 heavy (non-hydrogen) atoms.